The summed E-state index contributed by atoms with van der Waals surface area (Å²) < 4.78 is 0. The Morgan fingerprint density at radius 3 is 2.38 bits per heavy atom. The molecule has 0 atom stereocenters. The summed E-state index contributed by atoms with van der Waals surface area (Å²) in [5.74, 6) is 0.803. The van der Waals surface area contributed by atoms with Crippen LogP contribution in [0.2, 0.25) is 0 Å². The molecular weight excluding hydrogens is 160 g/mol. The minimum atomic E-state index is 0.158. The van der Waals surface area contributed by atoms with Gasteiger partial charge in [-0.2, -0.15) is 0 Å². The van der Waals surface area contributed by atoms with Gasteiger partial charge in [-0.15, -0.1) is 0 Å². The van der Waals surface area contributed by atoms with Crippen molar-refractivity contribution in [2.45, 2.75) is 45.1 Å². The highest BCUT2D eigenvalue weighted by molar-refractivity contribution is 4.94. The van der Waals surface area contributed by atoms with Crippen molar-refractivity contribution in [3.63, 3.8) is 0 Å². The Bertz CT molecular complexity index is 150. The lowest BCUT2D eigenvalue weighted by atomic mass is 9.77. The third-order valence-electron chi connectivity index (χ3n) is 3.02. The standard InChI is InChI=1S/C11H24N2/c1-10(2)5-8-13(3)9-11(12)6-4-7-11/h10H,4-9,12H2,1-3H3. The second kappa shape index (κ2) is 4.43. The zero-order valence-corrected chi connectivity index (χ0v) is 9.34. The second-order valence-electron chi connectivity index (χ2n) is 5.14. The maximum absolute atomic E-state index is 6.17. The van der Waals surface area contributed by atoms with Gasteiger partial charge in [0.15, 0.2) is 0 Å². The molecule has 0 bridgehead atoms. The van der Waals surface area contributed by atoms with Crippen LogP contribution in [0.3, 0.4) is 0 Å². The van der Waals surface area contributed by atoms with E-state index in [1.807, 2.05) is 0 Å². The number of hydrogen-bond acceptors (Lipinski definition) is 2. The van der Waals surface area contributed by atoms with E-state index in [4.69, 9.17) is 5.73 Å². The van der Waals surface area contributed by atoms with Gasteiger partial charge in [0, 0.05) is 12.1 Å². The van der Waals surface area contributed by atoms with Gasteiger partial charge in [0.05, 0.1) is 0 Å². The van der Waals surface area contributed by atoms with Gasteiger partial charge in [-0.3, -0.25) is 0 Å². The van der Waals surface area contributed by atoms with Gasteiger partial charge in [-0.1, -0.05) is 13.8 Å². The molecule has 0 unspecified atom stereocenters. The van der Waals surface area contributed by atoms with E-state index < -0.39 is 0 Å². The second-order valence-corrected chi connectivity index (χ2v) is 5.14. The maximum Gasteiger partial charge on any atom is 0.0283 e. The molecule has 2 heteroatoms. The van der Waals surface area contributed by atoms with E-state index in [-0.39, 0.29) is 5.54 Å². The van der Waals surface area contributed by atoms with Crippen molar-refractivity contribution in [1.29, 1.82) is 0 Å². The Kier molecular flexibility index (Phi) is 3.74. The Labute approximate surface area is 82.5 Å². The first-order valence-electron chi connectivity index (χ1n) is 5.49. The molecule has 2 N–H and O–H groups in total. The Hall–Kier alpha value is -0.0800. The fourth-order valence-corrected chi connectivity index (χ4v) is 1.88. The van der Waals surface area contributed by atoms with Crippen LogP contribution in [0.4, 0.5) is 0 Å². The number of nitrogens with zero attached hydrogens (tertiary/aromatic N) is 1. The third-order valence-corrected chi connectivity index (χ3v) is 3.02. The van der Waals surface area contributed by atoms with Crippen molar-refractivity contribution in [2.75, 3.05) is 20.1 Å². The van der Waals surface area contributed by atoms with E-state index in [2.05, 4.69) is 25.8 Å². The highest BCUT2D eigenvalue weighted by Gasteiger charge is 2.33. The SMILES string of the molecule is CC(C)CCN(C)CC1(N)CCC1. The average Bonchev–Trinajstić information content (AvgIpc) is 1.98. The fraction of sp³-hybridized carbons (Fsp3) is 1.00. The van der Waals surface area contributed by atoms with E-state index >= 15 is 0 Å². The van der Waals surface area contributed by atoms with Crippen LogP contribution < -0.4 is 5.73 Å². The van der Waals surface area contributed by atoms with E-state index in [9.17, 15) is 0 Å². The topological polar surface area (TPSA) is 29.3 Å². The molecule has 0 aromatic rings. The van der Waals surface area contributed by atoms with Gasteiger partial charge in [0.25, 0.3) is 0 Å². The Morgan fingerprint density at radius 1 is 1.38 bits per heavy atom. The molecular formula is C11H24N2. The molecule has 0 aromatic heterocycles. The smallest absolute Gasteiger partial charge is 0.0283 e. The zero-order chi connectivity index (χ0) is 9.90. The molecule has 2 nitrogen and oxygen atoms in total. The van der Waals surface area contributed by atoms with Crippen molar-refractivity contribution in [3.8, 4) is 0 Å². The van der Waals surface area contributed by atoms with Gasteiger partial charge < -0.3 is 10.6 Å². The lowest BCUT2D eigenvalue weighted by Crippen LogP contribution is -2.54. The lowest BCUT2D eigenvalue weighted by Gasteiger charge is -2.41. The van der Waals surface area contributed by atoms with Crippen LogP contribution in [0.1, 0.15) is 39.5 Å². The molecule has 0 heterocycles. The maximum atomic E-state index is 6.17. The highest BCUT2D eigenvalue weighted by Crippen LogP contribution is 2.29. The van der Waals surface area contributed by atoms with Crippen LogP contribution in [-0.2, 0) is 0 Å². The molecule has 1 rings (SSSR count). The Morgan fingerprint density at radius 2 is 2.00 bits per heavy atom. The molecule has 1 aliphatic carbocycles. The van der Waals surface area contributed by atoms with E-state index in [1.165, 1.54) is 32.2 Å². The molecule has 0 aromatic carbocycles. The van der Waals surface area contributed by atoms with E-state index in [1.54, 1.807) is 0 Å². The van der Waals surface area contributed by atoms with Gasteiger partial charge in [-0.25, -0.2) is 0 Å². The van der Waals surface area contributed by atoms with Gasteiger partial charge >= 0.3 is 0 Å². The molecule has 0 saturated heterocycles. The molecule has 0 radical (unpaired) electrons. The normalized spacial score (nSPS) is 20.8. The van der Waals surface area contributed by atoms with E-state index in [0.717, 1.165) is 12.5 Å². The van der Waals surface area contributed by atoms with E-state index in [0.29, 0.717) is 0 Å². The molecule has 1 fully saturated rings. The number of nitrogens with two attached hydrogens (primary N) is 1. The van der Waals surface area contributed by atoms with Crippen LogP contribution >= 0.6 is 0 Å². The van der Waals surface area contributed by atoms with Crippen LogP contribution in [0, 0.1) is 5.92 Å². The molecule has 0 aliphatic heterocycles. The molecule has 0 amide bonds. The van der Waals surface area contributed by atoms with Crippen molar-refractivity contribution < 1.29 is 0 Å². The number of hydrogen-bond donors (Lipinski definition) is 1. The van der Waals surface area contributed by atoms with Crippen LogP contribution in [0.5, 0.6) is 0 Å². The molecule has 1 aliphatic rings. The monoisotopic (exact) mass is 184 g/mol. The summed E-state index contributed by atoms with van der Waals surface area (Å²) in [7, 11) is 2.19. The fourth-order valence-electron chi connectivity index (χ4n) is 1.88. The number of likely N-dealkylation sites (N-methyl/N-ethyl adjacent to an activating group) is 1. The van der Waals surface area contributed by atoms with Crippen LogP contribution in [-0.4, -0.2) is 30.6 Å². The minimum absolute atomic E-state index is 0.158. The molecule has 0 spiro atoms. The van der Waals surface area contributed by atoms with Crippen molar-refractivity contribution in [3.05, 3.63) is 0 Å². The molecule has 1 saturated carbocycles. The van der Waals surface area contributed by atoms with Crippen molar-refractivity contribution >= 4 is 0 Å². The zero-order valence-electron chi connectivity index (χ0n) is 9.34. The minimum Gasteiger partial charge on any atom is -0.324 e. The molecule has 13 heavy (non-hydrogen) atoms. The van der Waals surface area contributed by atoms with Crippen LogP contribution in [0.25, 0.3) is 0 Å². The average molecular weight is 184 g/mol. The largest absolute Gasteiger partial charge is 0.324 e. The van der Waals surface area contributed by atoms with Crippen molar-refractivity contribution in [2.24, 2.45) is 11.7 Å². The van der Waals surface area contributed by atoms with Crippen LogP contribution in [0.15, 0.2) is 0 Å². The Balaban J connectivity index is 2.13. The van der Waals surface area contributed by atoms with Gasteiger partial charge in [0.1, 0.15) is 0 Å². The highest BCUT2D eigenvalue weighted by atomic mass is 15.1. The summed E-state index contributed by atoms with van der Waals surface area (Å²) in [6.45, 7) is 6.82. The summed E-state index contributed by atoms with van der Waals surface area (Å²) in [5, 5.41) is 0. The summed E-state index contributed by atoms with van der Waals surface area (Å²) in [5.41, 5.74) is 6.33. The van der Waals surface area contributed by atoms with Crippen molar-refractivity contribution in [1.82, 2.24) is 4.90 Å². The summed E-state index contributed by atoms with van der Waals surface area (Å²) in [6.07, 6.45) is 5.05. The first kappa shape index (κ1) is 11.0. The lowest BCUT2D eigenvalue weighted by molar-refractivity contribution is 0.161. The number of rotatable bonds is 5. The predicted octanol–water partition coefficient (Wildman–Crippen LogP) is 1.85. The quantitative estimate of drug-likeness (QED) is 0.706. The third kappa shape index (κ3) is 3.65. The van der Waals surface area contributed by atoms with Gasteiger partial charge in [0.2, 0.25) is 0 Å². The predicted molar refractivity (Wildman–Crippen MR) is 57.7 cm³/mol. The first-order valence-corrected chi connectivity index (χ1v) is 5.49. The van der Waals surface area contributed by atoms with Gasteiger partial charge in [-0.05, 0) is 45.2 Å². The first-order chi connectivity index (χ1) is 6.02. The summed E-state index contributed by atoms with van der Waals surface area (Å²) in [6, 6.07) is 0. The molecule has 78 valence electrons. The summed E-state index contributed by atoms with van der Waals surface area (Å²) >= 11 is 0. The summed E-state index contributed by atoms with van der Waals surface area (Å²) in [4.78, 5) is 2.39.